The lowest BCUT2D eigenvalue weighted by atomic mass is 9.66. The lowest BCUT2D eigenvalue weighted by Gasteiger charge is -2.44. The largest absolute Gasteiger partial charge is 0.291 e. The molecule has 2 aromatic carbocycles. The van der Waals surface area contributed by atoms with E-state index in [1.54, 1.807) is 0 Å². The molecule has 0 radical (unpaired) electrons. The van der Waals surface area contributed by atoms with Crippen molar-refractivity contribution in [2.45, 2.75) is 38.0 Å². The summed E-state index contributed by atoms with van der Waals surface area (Å²) in [6, 6.07) is 4.88. The van der Waals surface area contributed by atoms with Crippen LogP contribution >= 0.6 is 0 Å². The highest BCUT2D eigenvalue weighted by Crippen LogP contribution is 2.49. The molecule has 1 fully saturated rings. The average Bonchev–Trinajstić information content (AvgIpc) is 2.71. The number of nitro groups is 4. The standard InChI is InChI=1S/C19H19N5O8/c1-19(2)17(23(29)30)15(11-7-3-5-9-13(11)21(25)26)20-16(18(19)24(31)32)12-8-4-6-10-14(12)22(27)28/h3-10,15-18,20H,1-2H3/t15-,16+,17+,18-. The predicted molar refractivity (Wildman–Crippen MR) is 110 cm³/mol. The third-order valence-corrected chi connectivity index (χ3v) is 5.91. The van der Waals surface area contributed by atoms with E-state index >= 15 is 0 Å². The van der Waals surface area contributed by atoms with Gasteiger partial charge in [-0.3, -0.25) is 45.8 Å². The first-order valence-corrected chi connectivity index (χ1v) is 9.48. The normalized spacial score (nSPS) is 24.4. The summed E-state index contributed by atoms with van der Waals surface area (Å²) in [6.45, 7) is 2.66. The van der Waals surface area contributed by atoms with Gasteiger partial charge in [-0.15, -0.1) is 0 Å². The fourth-order valence-electron chi connectivity index (χ4n) is 4.55. The number of rotatable bonds is 6. The van der Waals surface area contributed by atoms with Gasteiger partial charge in [0.15, 0.2) is 0 Å². The zero-order valence-corrected chi connectivity index (χ0v) is 17.0. The highest BCUT2D eigenvalue weighted by atomic mass is 16.6. The van der Waals surface area contributed by atoms with Crippen LogP contribution in [0.5, 0.6) is 0 Å². The third-order valence-electron chi connectivity index (χ3n) is 5.91. The second kappa shape index (κ2) is 8.26. The van der Waals surface area contributed by atoms with Gasteiger partial charge in [-0.05, 0) is 13.8 Å². The zero-order valence-electron chi connectivity index (χ0n) is 17.0. The van der Waals surface area contributed by atoms with E-state index in [4.69, 9.17) is 0 Å². The Bertz CT molecular complexity index is 1020. The van der Waals surface area contributed by atoms with Crippen LogP contribution in [0.1, 0.15) is 37.1 Å². The summed E-state index contributed by atoms with van der Waals surface area (Å²) in [5.41, 5.74) is -2.49. The van der Waals surface area contributed by atoms with Crippen LogP contribution in [0.4, 0.5) is 11.4 Å². The van der Waals surface area contributed by atoms with Crippen molar-refractivity contribution >= 4 is 11.4 Å². The SMILES string of the molecule is CC1(C)[C@@H]([N+](=O)[O-])[C@@H](c2ccccc2[N+](=O)[O-])N[C@@H](c2ccccc2[N+](=O)[O-])[C@H]1[N+](=O)[O-]. The number of nitrogens with one attached hydrogen (secondary N) is 1. The number of hydrogen-bond acceptors (Lipinski definition) is 9. The molecule has 0 aliphatic carbocycles. The molecular formula is C19H19N5O8. The Morgan fingerprint density at radius 1 is 0.688 bits per heavy atom. The molecular weight excluding hydrogens is 426 g/mol. The van der Waals surface area contributed by atoms with Crippen molar-refractivity contribution in [2.75, 3.05) is 0 Å². The quantitative estimate of drug-likeness (QED) is 0.515. The molecule has 1 aliphatic rings. The molecule has 168 valence electrons. The summed E-state index contributed by atoms with van der Waals surface area (Å²) in [7, 11) is 0. The minimum Gasteiger partial charge on any atom is -0.291 e. The summed E-state index contributed by atoms with van der Waals surface area (Å²) in [4.78, 5) is 44.6. The molecule has 0 saturated carbocycles. The van der Waals surface area contributed by atoms with Crippen molar-refractivity contribution in [1.29, 1.82) is 0 Å². The van der Waals surface area contributed by atoms with Crippen LogP contribution in [0, 0.1) is 45.9 Å². The van der Waals surface area contributed by atoms with Crippen molar-refractivity contribution in [3.05, 3.63) is 100 Å². The van der Waals surface area contributed by atoms with Crippen LogP contribution in [-0.4, -0.2) is 31.8 Å². The Kier molecular flexibility index (Phi) is 5.86. The van der Waals surface area contributed by atoms with Gasteiger partial charge in [0.2, 0.25) is 12.1 Å². The lowest BCUT2D eigenvalue weighted by molar-refractivity contribution is -0.605. The van der Waals surface area contributed by atoms with Gasteiger partial charge < -0.3 is 0 Å². The molecule has 32 heavy (non-hydrogen) atoms. The first-order chi connectivity index (χ1) is 15.0. The van der Waals surface area contributed by atoms with Gasteiger partial charge in [0.25, 0.3) is 11.4 Å². The Morgan fingerprint density at radius 2 is 1.03 bits per heavy atom. The number of nitrogens with zero attached hydrogens (tertiary/aromatic N) is 4. The van der Waals surface area contributed by atoms with Crippen LogP contribution in [-0.2, 0) is 0 Å². The summed E-state index contributed by atoms with van der Waals surface area (Å²) in [5.74, 6) is 0. The van der Waals surface area contributed by atoms with E-state index in [2.05, 4.69) is 5.32 Å². The van der Waals surface area contributed by atoms with Crippen molar-refractivity contribution in [2.24, 2.45) is 5.41 Å². The van der Waals surface area contributed by atoms with E-state index in [-0.39, 0.29) is 11.1 Å². The van der Waals surface area contributed by atoms with E-state index < -0.39 is 60.7 Å². The minimum atomic E-state index is -1.64. The van der Waals surface area contributed by atoms with E-state index in [0.29, 0.717) is 0 Å². The molecule has 0 spiro atoms. The van der Waals surface area contributed by atoms with Crippen molar-refractivity contribution in [1.82, 2.24) is 5.32 Å². The highest BCUT2D eigenvalue weighted by Gasteiger charge is 2.64. The average molecular weight is 445 g/mol. The molecule has 0 amide bonds. The molecule has 1 heterocycles. The maximum absolute atomic E-state index is 12.1. The topological polar surface area (TPSA) is 185 Å². The van der Waals surface area contributed by atoms with Crippen molar-refractivity contribution in [3.63, 3.8) is 0 Å². The maximum atomic E-state index is 12.1. The number of benzene rings is 2. The molecule has 13 nitrogen and oxygen atoms in total. The first-order valence-electron chi connectivity index (χ1n) is 9.48. The monoisotopic (exact) mass is 445 g/mol. The Balaban J connectivity index is 2.29. The van der Waals surface area contributed by atoms with Crippen LogP contribution in [0.3, 0.4) is 0 Å². The fourth-order valence-corrected chi connectivity index (χ4v) is 4.55. The van der Waals surface area contributed by atoms with Gasteiger partial charge in [0.05, 0.1) is 21.0 Å². The fraction of sp³-hybridized carbons (Fsp3) is 0.368. The number of nitro benzene ring substituents is 2. The number of piperidine rings is 1. The Labute approximate surface area is 180 Å². The second-order valence-electron chi connectivity index (χ2n) is 8.04. The summed E-state index contributed by atoms with van der Waals surface area (Å²) >= 11 is 0. The predicted octanol–water partition coefficient (Wildman–Crippen LogP) is 3.21. The van der Waals surface area contributed by atoms with E-state index in [1.807, 2.05) is 0 Å². The summed E-state index contributed by atoms with van der Waals surface area (Å²) in [6.07, 6.45) is 0. The van der Waals surface area contributed by atoms with Crippen LogP contribution in [0.2, 0.25) is 0 Å². The minimum absolute atomic E-state index is 0.0299. The van der Waals surface area contributed by atoms with Gasteiger partial charge in [-0.25, -0.2) is 0 Å². The third kappa shape index (κ3) is 3.73. The molecule has 0 aromatic heterocycles. The van der Waals surface area contributed by atoms with Gasteiger partial charge in [-0.2, -0.15) is 0 Å². The molecule has 0 bridgehead atoms. The Hall–Kier alpha value is -4.00. The van der Waals surface area contributed by atoms with E-state index in [1.165, 1.54) is 62.4 Å². The van der Waals surface area contributed by atoms with Crippen LogP contribution in [0.15, 0.2) is 48.5 Å². The van der Waals surface area contributed by atoms with Crippen LogP contribution < -0.4 is 5.32 Å². The molecule has 13 heteroatoms. The molecule has 4 atom stereocenters. The molecule has 3 rings (SSSR count). The van der Waals surface area contributed by atoms with Gasteiger partial charge >= 0.3 is 0 Å². The molecule has 1 N–H and O–H groups in total. The molecule has 2 aromatic rings. The van der Waals surface area contributed by atoms with Gasteiger partial charge in [0, 0.05) is 22.0 Å². The first kappa shape index (κ1) is 22.7. The van der Waals surface area contributed by atoms with Gasteiger partial charge in [-0.1, -0.05) is 36.4 Å². The molecule has 1 aliphatic heterocycles. The van der Waals surface area contributed by atoms with Crippen LogP contribution in [0.25, 0.3) is 0 Å². The number of para-hydroxylation sites is 2. The Morgan fingerprint density at radius 3 is 1.34 bits per heavy atom. The maximum Gasteiger partial charge on any atom is 0.274 e. The van der Waals surface area contributed by atoms with Crippen molar-refractivity contribution < 1.29 is 19.7 Å². The zero-order chi connectivity index (χ0) is 23.8. The molecule has 0 unspecified atom stereocenters. The van der Waals surface area contributed by atoms with Gasteiger partial charge in [0.1, 0.15) is 17.5 Å². The molecule has 1 saturated heterocycles. The number of hydrogen-bond donors (Lipinski definition) is 1. The summed E-state index contributed by atoms with van der Waals surface area (Å²) < 4.78 is 0. The smallest absolute Gasteiger partial charge is 0.274 e. The second-order valence-corrected chi connectivity index (χ2v) is 8.04. The highest BCUT2D eigenvalue weighted by molar-refractivity contribution is 5.46. The van der Waals surface area contributed by atoms with E-state index in [0.717, 1.165) is 0 Å². The summed E-state index contributed by atoms with van der Waals surface area (Å²) in [5, 5.41) is 50.1. The van der Waals surface area contributed by atoms with E-state index in [9.17, 15) is 40.5 Å². The van der Waals surface area contributed by atoms with Crippen molar-refractivity contribution in [3.8, 4) is 0 Å². The lowest BCUT2D eigenvalue weighted by Crippen LogP contribution is -2.63.